The summed E-state index contributed by atoms with van der Waals surface area (Å²) in [4.78, 5) is 4.36. The second kappa shape index (κ2) is 6.44. The summed E-state index contributed by atoms with van der Waals surface area (Å²) in [6, 6.07) is 9.28. The number of furan rings is 1. The molecule has 0 radical (unpaired) electrons. The van der Waals surface area contributed by atoms with Crippen molar-refractivity contribution in [2.75, 3.05) is 10.6 Å². The van der Waals surface area contributed by atoms with Crippen molar-refractivity contribution in [1.29, 1.82) is 0 Å². The molecule has 0 fully saturated rings. The predicted molar refractivity (Wildman–Crippen MR) is 85.3 cm³/mol. The lowest BCUT2D eigenvalue weighted by Crippen LogP contribution is -2.05. The molecule has 2 aromatic heterocycles. The molecule has 0 saturated carbocycles. The van der Waals surface area contributed by atoms with Crippen LogP contribution in [0.1, 0.15) is 11.3 Å². The van der Waals surface area contributed by atoms with E-state index in [4.69, 9.17) is 16.0 Å². The third-order valence-electron chi connectivity index (χ3n) is 3.02. The van der Waals surface area contributed by atoms with Crippen LogP contribution in [0.5, 0.6) is 0 Å². The normalized spacial score (nSPS) is 10.5. The zero-order valence-corrected chi connectivity index (χ0v) is 12.6. The van der Waals surface area contributed by atoms with Gasteiger partial charge in [-0.25, -0.2) is 0 Å². The highest BCUT2D eigenvalue weighted by molar-refractivity contribution is 6.30. The summed E-state index contributed by atoms with van der Waals surface area (Å²) < 4.78 is 5.25. The molecule has 0 bridgehead atoms. The van der Waals surface area contributed by atoms with Crippen LogP contribution < -0.4 is 10.6 Å². The smallest absolute Gasteiger partial charge is 0.249 e. The van der Waals surface area contributed by atoms with Crippen molar-refractivity contribution in [2.45, 2.75) is 13.5 Å². The lowest BCUT2D eigenvalue weighted by atomic mass is 10.2. The molecule has 112 valence electrons. The molecule has 7 heteroatoms. The maximum Gasteiger partial charge on any atom is 0.249 e. The molecule has 0 aliphatic rings. The van der Waals surface area contributed by atoms with Gasteiger partial charge < -0.3 is 15.1 Å². The molecule has 0 aliphatic heterocycles. The first-order valence-electron chi connectivity index (χ1n) is 6.70. The molecule has 2 heterocycles. The van der Waals surface area contributed by atoms with E-state index >= 15 is 0 Å². The number of rotatable bonds is 5. The maximum absolute atomic E-state index is 5.94. The Morgan fingerprint density at radius 3 is 2.95 bits per heavy atom. The monoisotopic (exact) mass is 315 g/mol. The highest BCUT2D eigenvalue weighted by Crippen LogP contribution is 2.22. The number of aromatic nitrogens is 3. The summed E-state index contributed by atoms with van der Waals surface area (Å²) in [6.07, 6.45) is 3.19. The highest BCUT2D eigenvalue weighted by Gasteiger charge is 2.04. The number of nitrogens with zero attached hydrogens (tertiary/aromatic N) is 3. The second-order valence-corrected chi connectivity index (χ2v) is 5.12. The SMILES string of the molecule is Cc1cc(Cl)ccc1Nc1nncc(NCc2ccco2)n1. The zero-order valence-electron chi connectivity index (χ0n) is 11.9. The molecule has 3 aromatic rings. The quantitative estimate of drug-likeness (QED) is 0.746. The Balaban J connectivity index is 1.70. The van der Waals surface area contributed by atoms with E-state index in [0.29, 0.717) is 23.3 Å². The van der Waals surface area contributed by atoms with Crippen molar-refractivity contribution in [2.24, 2.45) is 0 Å². The Morgan fingerprint density at radius 1 is 1.27 bits per heavy atom. The molecule has 0 amide bonds. The summed E-state index contributed by atoms with van der Waals surface area (Å²) in [5.41, 5.74) is 1.89. The van der Waals surface area contributed by atoms with E-state index in [-0.39, 0.29) is 0 Å². The molecule has 3 rings (SSSR count). The average Bonchev–Trinajstić information content (AvgIpc) is 3.02. The van der Waals surface area contributed by atoms with Crippen molar-refractivity contribution in [3.05, 3.63) is 59.1 Å². The number of halogens is 1. The van der Waals surface area contributed by atoms with E-state index in [1.165, 1.54) is 0 Å². The van der Waals surface area contributed by atoms with Crippen LogP contribution in [0.15, 0.2) is 47.2 Å². The fourth-order valence-corrected chi connectivity index (χ4v) is 2.15. The summed E-state index contributed by atoms with van der Waals surface area (Å²) >= 11 is 5.94. The van der Waals surface area contributed by atoms with Crippen LogP contribution in [0.3, 0.4) is 0 Å². The van der Waals surface area contributed by atoms with Crippen LogP contribution in [0, 0.1) is 6.92 Å². The molecule has 1 aromatic carbocycles. The Hall–Kier alpha value is -2.60. The van der Waals surface area contributed by atoms with Crippen molar-refractivity contribution >= 4 is 29.1 Å². The van der Waals surface area contributed by atoms with Crippen LogP contribution in [-0.2, 0) is 6.54 Å². The van der Waals surface area contributed by atoms with Crippen molar-refractivity contribution in [3.8, 4) is 0 Å². The van der Waals surface area contributed by atoms with E-state index in [1.54, 1.807) is 12.5 Å². The summed E-state index contributed by atoms with van der Waals surface area (Å²) in [6.45, 7) is 2.49. The van der Waals surface area contributed by atoms with Gasteiger partial charge in [-0.15, -0.1) is 5.10 Å². The number of anilines is 3. The molecule has 6 nitrogen and oxygen atoms in total. The molecule has 0 aliphatic carbocycles. The van der Waals surface area contributed by atoms with Gasteiger partial charge in [0.05, 0.1) is 19.0 Å². The topological polar surface area (TPSA) is 75.9 Å². The summed E-state index contributed by atoms with van der Waals surface area (Å²) in [5.74, 6) is 1.84. The van der Waals surface area contributed by atoms with Gasteiger partial charge in [-0.05, 0) is 42.8 Å². The van der Waals surface area contributed by atoms with Gasteiger partial charge in [-0.1, -0.05) is 11.6 Å². The van der Waals surface area contributed by atoms with Crippen LogP contribution in [0.4, 0.5) is 17.5 Å². The van der Waals surface area contributed by atoms with Gasteiger partial charge >= 0.3 is 0 Å². The first-order chi connectivity index (χ1) is 10.7. The third kappa shape index (κ3) is 3.53. The number of aryl methyl sites for hydroxylation is 1. The van der Waals surface area contributed by atoms with Gasteiger partial charge in [0.25, 0.3) is 0 Å². The van der Waals surface area contributed by atoms with E-state index in [9.17, 15) is 0 Å². The van der Waals surface area contributed by atoms with Crippen molar-refractivity contribution in [3.63, 3.8) is 0 Å². The van der Waals surface area contributed by atoms with E-state index in [1.807, 2.05) is 37.3 Å². The number of hydrogen-bond acceptors (Lipinski definition) is 6. The second-order valence-electron chi connectivity index (χ2n) is 4.68. The van der Waals surface area contributed by atoms with Crippen molar-refractivity contribution in [1.82, 2.24) is 15.2 Å². The number of hydrogen-bond donors (Lipinski definition) is 2. The number of benzene rings is 1. The van der Waals surface area contributed by atoms with E-state index in [0.717, 1.165) is 17.0 Å². The Kier molecular flexibility index (Phi) is 4.20. The molecule has 0 saturated heterocycles. The highest BCUT2D eigenvalue weighted by atomic mass is 35.5. The van der Waals surface area contributed by atoms with Gasteiger partial charge in [0.15, 0.2) is 5.82 Å². The molecule has 0 unspecified atom stereocenters. The minimum atomic E-state index is 0.412. The number of nitrogens with one attached hydrogen (secondary N) is 2. The largest absolute Gasteiger partial charge is 0.467 e. The van der Waals surface area contributed by atoms with Gasteiger partial charge in [0, 0.05) is 10.7 Å². The fraction of sp³-hybridized carbons (Fsp3) is 0.133. The Bertz CT molecular complexity index is 760. The molecular formula is C15H14ClN5O. The van der Waals surface area contributed by atoms with Crippen molar-refractivity contribution < 1.29 is 4.42 Å². The van der Waals surface area contributed by atoms with Gasteiger partial charge in [0.1, 0.15) is 5.76 Å². The zero-order chi connectivity index (χ0) is 15.4. The van der Waals surface area contributed by atoms with Crippen LogP contribution in [0.25, 0.3) is 0 Å². The van der Waals surface area contributed by atoms with Crippen LogP contribution in [0.2, 0.25) is 5.02 Å². The molecule has 2 N–H and O–H groups in total. The molecular weight excluding hydrogens is 302 g/mol. The van der Waals surface area contributed by atoms with Gasteiger partial charge in [0.2, 0.25) is 5.95 Å². The fourth-order valence-electron chi connectivity index (χ4n) is 1.92. The van der Waals surface area contributed by atoms with E-state index in [2.05, 4.69) is 25.8 Å². The standard InChI is InChI=1S/C15H14ClN5O/c1-10-7-11(16)4-5-13(10)19-15-20-14(9-18-21-15)17-8-12-3-2-6-22-12/h2-7,9H,8H2,1H3,(H2,17,19,20,21). The van der Waals surface area contributed by atoms with Crippen LogP contribution in [-0.4, -0.2) is 15.2 Å². The lowest BCUT2D eigenvalue weighted by molar-refractivity contribution is 0.517. The summed E-state index contributed by atoms with van der Waals surface area (Å²) in [7, 11) is 0. The first-order valence-corrected chi connectivity index (χ1v) is 7.07. The maximum atomic E-state index is 5.94. The van der Waals surface area contributed by atoms with Gasteiger partial charge in [-0.3, -0.25) is 0 Å². The first kappa shape index (κ1) is 14.3. The lowest BCUT2D eigenvalue weighted by Gasteiger charge is -2.09. The summed E-state index contributed by atoms with van der Waals surface area (Å²) in [5, 5.41) is 14.9. The Morgan fingerprint density at radius 2 is 2.18 bits per heavy atom. The molecule has 22 heavy (non-hydrogen) atoms. The van der Waals surface area contributed by atoms with E-state index < -0.39 is 0 Å². The third-order valence-corrected chi connectivity index (χ3v) is 3.25. The van der Waals surface area contributed by atoms with Gasteiger partial charge in [-0.2, -0.15) is 10.1 Å². The average molecular weight is 316 g/mol. The Labute approximate surface area is 132 Å². The predicted octanol–water partition coefficient (Wildman–Crippen LogP) is 3.78. The minimum absolute atomic E-state index is 0.412. The minimum Gasteiger partial charge on any atom is -0.467 e. The molecule has 0 spiro atoms. The van der Waals surface area contributed by atoms with Crippen LogP contribution >= 0.6 is 11.6 Å². The molecule has 0 atom stereocenters.